The third kappa shape index (κ3) is 4.35. The number of carbonyl (C=O) groups excluding carboxylic acids is 1. The molecule has 0 fully saturated rings. The lowest BCUT2D eigenvalue weighted by molar-refractivity contribution is -0.137. The number of nitrogens with zero attached hydrogens (tertiary/aromatic N) is 1. The number of unbranched alkanes of at least 4 members (excludes halogenated alkanes) is 2. The summed E-state index contributed by atoms with van der Waals surface area (Å²) in [6, 6.07) is 0. The zero-order valence-corrected chi connectivity index (χ0v) is 11.0. The van der Waals surface area contributed by atoms with Crippen molar-refractivity contribution in [1.29, 1.82) is 0 Å². The van der Waals surface area contributed by atoms with Crippen LogP contribution in [0.4, 0.5) is 0 Å². The summed E-state index contributed by atoms with van der Waals surface area (Å²) in [7, 11) is 0. The monoisotopic (exact) mass is 227 g/mol. The van der Waals surface area contributed by atoms with Gasteiger partial charge in [-0.05, 0) is 27.2 Å². The van der Waals surface area contributed by atoms with Crippen LogP contribution in [0.5, 0.6) is 0 Å². The Morgan fingerprint density at radius 2 is 1.94 bits per heavy atom. The van der Waals surface area contributed by atoms with Crippen molar-refractivity contribution in [3.8, 4) is 0 Å². The molecule has 16 heavy (non-hydrogen) atoms. The van der Waals surface area contributed by atoms with E-state index in [4.69, 9.17) is 0 Å². The van der Waals surface area contributed by atoms with Gasteiger partial charge in [-0.15, -0.1) is 0 Å². The molecule has 3 nitrogen and oxygen atoms in total. The molecule has 0 aliphatic rings. The average Bonchev–Trinajstić information content (AvgIpc) is 2.18. The van der Waals surface area contributed by atoms with E-state index in [1.165, 1.54) is 4.90 Å². The van der Waals surface area contributed by atoms with Crippen LogP contribution in [0.15, 0.2) is 12.2 Å². The summed E-state index contributed by atoms with van der Waals surface area (Å²) < 4.78 is 0. The zero-order chi connectivity index (χ0) is 12.8. The number of hydrogen-bond donors (Lipinski definition) is 1. The van der Waals surface area contributed by atoms with Crippen molar-refractivity contribution in [3.63, 3.8) is 0 Å². The Balaban J connectivity index is 4.53. The predicted octanol–water partition coefficient (Wildman–Crippen LogP) is 2.70. The first-order valence-corrected chi connectivity index (χ1v) is 5.95. The number of rotatable bonds is 7. The Hall–Kier alpha value is -0.830. The van der Waals surface area contributed by atoms with Gasteiger partial charge >= 0.3 is 0 Å². The SMILES string of the molecule is C=C(C)C(=O)N(CO)C(C)(C)CCCCC. The van der Waals surface area contributed by atoms with Gasteiger partial charge in [0.2, 0.25) is 0 Å². The average molecular weight is 227 g/mol. The number of hydrogen-bond acceptors (Lipinski definition) is 2. The molecule has 0 aromatic rings. The second kappa shape index (κ2) is 6.69. The van der Waals surface area contributed by atoms with Crippen LogP contribution >= 0.6 is 0 Å². The van der Waals surface area contributed by atoms with Gasteiger partial charge in [0.05, 0.1) is 0 Å². The smallest absolute Gasteiger partial charge is 0.251 e. The zero-order valence-electron chi connectivity index (χ0n) is 11.0. The molecule has 94 valence electrons. The molecule has 0 atom stereocenters. The second-order valence-electron chi connectivity index (χ2n) is 4.92. The Bertz CT molecular complexity index is 246. The molecule has 0 radical (unpaired) electrons. The molecule has 0 aliphatic heterocycles. The van der Waals surface area contributed by atoms with Gasteiger partial charge in [-0.2, -0.15) is 0 Å². The van der Waals surface area contributed by atoms with Crippen LogP contribution in [0.2, 0.25) is 0 Å². The van der Waals surface area contributed by atoms with Gasteiger partial charge in [0, 0.05) is 11.1 Å². The van der Waals surface area contributed by atoms with Crippen LogP contribution in [0, 0.1) is 0 Å². The van der Waals surface area contributed by atoms with Crippen LogP contribution in [0.25, 0.3) is 0 Å². The minimum atomic E-state index is -0.306. The molecule has 0 bridgehead atoms. The quantitative estimate of drug-likeness (QED) is 0.413. The maximum Gasteiger partial charge on any atom is 0.251 e. The van der Waals surface area contributed by atoms with Crippen molar-refractivity contribution in [2.45, 2.75) is 58.9 Å². The van der Waals surface area contributed by atoms with Crippen molar-refractivity contribution in [2.24, 2.45) is 0 Å². The van der Waals surface area contributed by atoms with Crippen LogP contribution in [-0.2, 0) is 4.79 Å². The molecular formula is C13H25NO2. The molecule has 3 heteroatoms. The Kier molecular flexibility index (Phi) is 6.34. The lowest BCUT2D eigenvalue weighted by Crippen LogP contribution is -2.48. The van der Waals surface area contributed by atoms with Crippen LogP contribution in [0.3, 0.4) is 0 Å². The first kappa shape index (κ1) is 15.2. The van der Waals surface area contributed by atoms with Crippen molar-refractivity contribution in [3.05, 3.63) is 12.2 Å². The first-order valence-electron chi connectivity index (χ1n) is 5.95. The highest BCUT2D eigenvalue weighted by atomic mass is 16.3. The van der Waals surface area contributed by atoms with Gasteiger partial charge in [0.15, 0.2) is 0 Å². The van der Waals surface area contributed by atoms with E-state index >= 15 is 0 Å². The lowest BCUT2D eigenvalue weighted by atomic mass is 9.94. The molecule has 0 heterocycles. The highest BCUT2D eigenvalue weighted by Crippen LogP contribution is 2.23. The summed E-state index contributed by atoms with van der Waals surface area (Å²) in [6.45, 7) is 11.2. The van der Waals surface area contributed by atoms with E-state index in [-0.39, 0.29) is 18.2 Å². The number of carbonyl (C=O) groups is 1. The molecular weight excluding hydrogens is 202 g/mol. The maximum absolute atomic E-state index is 11.8. The third-order valence-corrected chi connectivity index (χ3v) is 2.87. The van der Waals surface area contributed by atoms with E-state index < -0.39 is 0 Å². The summed E-state index contributed by atoms with van der Waals surface area (Å²) in [5.41, 5.74) is 0.164. The van der Waals surface area contributed by atoms with Crippen LogP contribution in [0.1, 0.15) is 53.4 Å². The van der Waals surface area contributed by atoms with Gasteiger partial charge in [-0.25, -0.2) is 0 Å². The molecule has 0 aliphatic carbocycles. The first-order chi connectivity index (χ1) is 7.36. The predicted molar refractivity (Wildman–Crippen MR) is 67.0 cm³/mol. The fourth-order valence-electron chi connectivity index (χ4n) is 1.70. The van der Waals surface area contributed by atoms with Gasteiger partial charge in [0.25, 0.3) is 5.91 Å². The fourth-order valence-corrected chi connectivity index (χ4v) is 1.70. The summed E-state index contributed by atoms with van der Waals surface area (Å²) in [5.74, 6) is -0.163. The molecule has 0 aromatic carbocycles. The van der Waals surface area contributed by atoms with Crippen molar-refractivity contribution in [2.75, 3.05) is 6.73 Å². The third-order valence-electron chi connectivity index (χ3n) is 2.87. The summed E-state index contributed by atoms with van der Waals surface area (Å²) in [5, 5.41) is 9.30. The Labute approximate surface area is 99.1 Å². The highest BCUT2D eigenvalue weighted by molar-refractivity contribution is 5.92. The van der Waals surface area contributed by atoms with Gasteiger partial charge in [-0.1, -0.05) is 32.8 Å². The van der Waals surface area contributed by atoms with Crippen LogP contribution in [-0.4, -0.2) is 28.2 Å². The van der Waals surface area contributed by atoms with E-state index in [1.807, 2.05) is 13.8 Å². The maximum atomic E-state index is 11.8. The van der Waals surface area contributed by atoms with E-state index in [0.717, 1.165) is 25.7 Å². The van der Waals surface area contributed by atoms with Gasteiger partial charge in [0.1, 0.15) is 6.73 Å². The molecule has 1 amide bonds. The molecule has 0 saturated carbocycles. The summed E-state index contributed by atoms with van der Waals surface area (Å²) >= 11 is 0. The fraction of sp³-hybridized carbons (Fsp3) is 0.769. The highest BCUT2D eigenvalue weighted by Gasteiger charge is 2.29. The van der Waals surface area contributed by atoms with E-state index in [1.54, 1.807) is 6.92 Å². The summed E-state index contributed by atoms with van der Waals surface area (Å²) in [4.78, 5) is 13.3. The van der Waals surface area contributed by atoms with Crippen LogP contribution < -0.4 is 0 Å². The van der Waals surface area contributed by atoms with E-state index in [9.17, 15) is 9.90 Å². The Morgan fingerprint density at radius 1 is 1.38 bits per heavy atom. The van der Waals surface area contributed by atoms with Gasteiger partial charge in [-0.3, -0.25) is 4.79 Å². The molecule has 0 saturated heterocycles. The minimum absolute atomic E-state index is 0.163. The van der Waals surface area contributed by atoms with E-state index in [0.29, 0.717) is 5.57 Å². The summed E-state index contributed by atoms with van der Waals surface area (Å²) in [6.07, 6.45) is 4.29. The van der Waals surface area contributed by atoms with Crippen molar-refractivity contribution >= 4 is 5.91 Å². The lowest BCUT2D eigenvalue weighted by Gasteiger charge is -2.37. The molecule has 0 spiro atoms. The molecule has 0 aromatic heterocycles. The number of aliphatic hydroxyl groups excluding tert-OH is 1. The van der Waals surface area contributed by atoms with Crippen molar-refractivity contribution < 1.29 is 9.90 Å². The Morgan fingerprint density at radius 3 is 2.31 bits per heavy atom. The topological polar surface area (TPSA) is 40.5 Å². The van der Waals surface area contributed by atoms with E-state index in [2.05, 4.69) is 13.5 Å². The largest absolute Gasteiger partial charge is 0.376 e. The minimum Gasteiger partial charge on any atom is -0.376 e. The second-order valence-corrected chi connectivity index (χ2v) is 4.92. The molecule has 1 N–H and O–H groups in total. The van der Waals surface area contributed by atoms with Crippen molar-refractivity contribution in [1.82, 2.24) is 4.90 Å². The number of amides is 1. The number of aliphatic hydroxyl groups is 1. The molecule has 0 rings (SSSR count). The molecule has 0 unspecified atom stereocenters. The van der Waals surface area contributed by atoms with Gasteiger partial charge < -0.3 is 10.0 Å². The normalized spacial score (nSPS) is 11.3. The standard InChI is InChI=1S/C13H25NO2/c1-6-7-8-9-13(4,5)14(10-15)12(16)11(2)3/h15H,2,6-10H2,1,3-5H3.